The van der Waals surface area contributed by atoms with Crippen LogP contribution in [0, 0.1) is 5.41 Å². The van der Waals surface area contributed by atoms with Gasteiger partial charge in [-0.3, -0.25) is 0 Å². The number of ether oxygens (including phenoxy) is 2. The van der Waals surface area contributed by atoms with E-state index in [2.05, 4.69) is 24.4 Å². The number of likely N-dealkylation sites (tertiary alicyclic amines) is 1. The molecule has 1 heterocycles. The number of hydrogen-bond donors (Lipinski definition) is 1. The van der Waals surface area contributed by atoms with Crippen molar-refractivity contribution < 1.29 is 14.3 Å². The number of nitrogens with one attached hydrogen (secondary N) is 1. The SMILES string of the molecule is COc1ccc([C@@H](C)NC2CCCC23CCN(C(=O)OC(C)(C)C)CC3)cc1. The minimum atomic E-state index is -0.433. The van der Waals surface area contributed by atoms with E-state index in [1.165, 1.54) is 24.8 Å². The second-order valence-electron chi connectivity index (χ2n) is 9.44. The summed E-state index contributed by atoms with van der Waals surface area (Å²) in [7, 11) is 1.70. The average Bonchev–Trinajstić information content (AvgIpc) is 3.02. The van der Waals surface area contributed by atoms with Gasteiger partial charge in [0.25, 0.3) is 0 Å². The highest BCUT2D eigenvalue weighted by Gasteiger charge is 2.46. The van der Waals surface area contributed by atoms with Gasteiger partial charge < -0.3 is 19.7 Å². The van der Waals surface area contributed by atoms with Crippen LogP contribution in [0.1, 0.15) is 71.4 Å². The molecule has 1 aliphatic carbocycles. The molecule has 2 atom stereocenters. The third-order valence-electron chi connectivity index (χ3n) is 6.38. The van der Waals surface area contributed by atoms with Gasteiger partial charge in [-0.15, -0.1) is 0 Å². The van der Waals surface area contributed by atoms with Gasteiger partial charge in [0.05, 0.1) is 7.11 Å². The summed E-state index contributed by atoms with van der Waals surface area (Å²) >= 11 is 0. The fourth-order valence-electron chi connectivity index (χ4n) is 4.75. The number of benzene rings is 1. The van der Waals surface area contributed by atoms with Crippen molar-refractivity contribution in [1.82, 2.24) is 10.2 Å². The van der Waals surface area contributed by atoms with E-state index in [4.69, 9.17) is 9.47 Å². The zero-order valence-electron chi connectivity index (χ0n) is 18.1. The molecule has 2 fully saturated rings. The van der Waals surface area contributed by atoms with Crippen molar-refractivity contribution in [2.24, 2.45) is 5.41 Å². The topological polar surface area (TPSA) is 50.8 Å². The predicted octanol–water partition coefficient (Wildman–Crippen LogP) is 4.92. The van der Waals surface area contributed by atoms with Gasteiger partial charge in [-0.2, -0.15) is 0 Å². The van der Waals surface area contributed by atoms with E-state index in [9.17, 15) is 4.79 Å². The van der Waals surface area contributed by atoms with Crippen LogP contribution in [0.4, 0.5) is 4.79 Å². The number of rotatable bonds is 4. The van der Waals surface area contributed by atoms with E-state index in [-0.39, 0.29) is 6.09 Å². The van der Waals surface area contributed by atoms with Gasteiger partial charge in [0, 0.05) is 25.2 Å². The Bertz CT molecular complexity index is 657. The lowest BCUT2D eigenvalue weighted by Crippen LogP contribution is -2.51. The highest BCUT2D eigenvalue weighted by atomic mass is 16.6. The van der Waals surface area contributed by atoms with Gasteiger partial charge in [0.2, 0.25) is 0 Å². The molecule has 1 amide bonds. The van der Waals surface area contributed by atoms with Crippen molar-refractivity contribution in [3.8, 4) is 5.75 Å². The van der Waals surface area contributed by atoms with Crippen LogP contribution in [0.2, 0.25) is 0 Å². The molecule has 1 N–H and O–H groups in total. The molecule has 1 saturated carbocycles. The van der Waals surface area contributed by atoms with Crippen LogP contribution in [0.5, 0.6) is 5.75 Å². The van der Waals surface area contributed by atoms with Crippen molar-refractivity contribution in [3.63, 3.8) is 0 Å². The Morgan fingerprint density at radius 3 is 2.39 bits per heavy atom. The van der Waals surface area contributed by atoms with Crippen LogP contribution in [0.15, 0.2) is 24.3 Å². The highest BCUT2D eigenvalue weighted by molar-refractivity contribution is 5.68. The van der Waals surface area contributed by atoms with Crippen LogP contribution in [0.25, 0.3) is 0 Å². The van der Waals surface area contributed by atoms with Crippen LogP contribution in [-0.2, 0) is 4.74 Å². The van der Waals surface area contributed by atoms with E-state index in [0.717, 1.165) is 31.7 Å². The lowest BCUT2D eigenvalue weighted by Gasteiger charge is -2.44. The van der Waals surface area contributed by atoms with E-state index in [1.807, 2.05) is 37.8 Å². The number of carbonyl (C=O) groups excluding carboxylic acids is 1. The van der Waals surface area contributed by atoms with Crippen molar-refractivity contribution in [2.75, 3.05) is 20.2 Å². The number of amides is 1. The summed E-state index contributed by atoms with van der Waals surface area (Å²) in [5, 5.41) is 3.90. The molecule has 0 radical (unpaired) electrons. The fourth-order valence-corrected chi connectivity index (χ4v) is 4.75. The normalized spacial score (nSPS) is 22.9. The summed E-state index contributed by atoms with van der Waals surface area (Å²) in [5.74, 6) is 0.891. The van der Waals surface area contributed by atoms with Gasteiger partial charge in [-0.05, 0) is 76.5 Å². The van der Waals surface area contributed by atoms with Crippen LogP contribution >= 0.6 is 0 Å². The van der Waals surface area contributed by atoms with E-state index in [1.54, 1.807) is 7.11 Å². The second kappa shape index (κ2) is 8.32. The smallest absolute Gasteiger partial charge is 0.410 e. The number of piperidine rings is 1. The van der Waals surface area contributed by atoms with Gasteiger partial charge in [0.15, 0.2) is 0 Å². The summed E-state index contributed by atoms with van der Waals surface area (Å²) in [6, 6.07) is 9.14. The molecular formula is C23H36N2O3. The molecule has 1 aliphatic heterocycles. The van der Waals surface area contributed by atoms with Crippen molar-refractivity contribution >= 4 is 6.09 Å². The Morgan fingerprint density at radius 2 is 1.82 bits per heavy atom. The van der Waals surface area contributed by atoms with E-state index >= 15 is 0 Å². The number of carbonyl (C=O) groups is 1. The predicted molar refractivity (Wildman–Crippen MR) is 112 cm³/mol. The standard InChI is InChI=1S/C23H36N2O3/c1-17(18-8-10-19(27-5)11-9-18)24-20-7-6-12-23(20)13-15-25(16-14-23)21(26)28-22(2,3)4/h8-11,17,20,24H,6-7,12-16H2,1-5H3/t17-,20?/m1/s1. The average molecular weight is 389 g/mol. The van der Waals surface area contributed by atoms with Crippen molar-refractivity contribution in [1.29, 1.82) is 0 Å². The molecule has 1 aromatic carbocycles. The molecule has 3 rings (SSSR count). The third kappa shape index (κ3) is 4.80. The quantitative estimate of drug-likeness (QED) is 0.796. The Balaban J connectivity index is 1.59. The van der Waals surface area contributed by atoms with Gasteiger partial charge in [-0.1, -0.05) is 18.6 Å². The zero-order chi connectivity index (χ0) is 20.4. The molecule has 1 spiro atoms. The summed E-state index contributed by atoms with van der Waals surface area (Å²) in [6.45, 7) is 9.60. The minimum Gasteiger partial charge on any atom is -0.497 e. The van der Waals surface area contributed by atoms with Crippen LogP contribution in [-0.4, -0.2) is 42.8 Å². The lowest BCUT2D eigenvalue weighted by molar-refractivity contribution is 0.00676. The number of nitrogens with zero attached hydrogens (tertiary/aromatic N) is 1. The van der Waals surface area contributed by atoms with Gasteiger partial charge in [-0.25, -0.2) is 4.79 Å². The monoisotopic (exact) mass is 388 g/mol. The first-order valence-electron chi connectivity index (χ1n) is 10.6. The first-order chi connectivity index (χ1) is 13.2. The molecule has 5 heteroatoms. The summed E-state index contributed by atoms with van der Waals surface area (Å²) in [6.07, 6.45) is 5.67. The number of methoxy groups -OCH3 is 1. The van der Waals surface area contributed by atoms with E-state index < -0.39 is 5.60 Å². The Hall–Kier alpha value is -1.75. The van der Waals surface area contributed by atoms with Crippen molar-refractivity contribution in [2.45, 2.75) is 77.5 Å². The fraction of sp³-hybridized carbons (Fsp3) is 0.696. The highest BCUT2D eigenvalue weighted by Crippen LogP contribution is 2.47. The lowest BCUT2D eigenvalue weighted by atomic mass is 9.74. The second-order valence-corrected chi connectivity index (χ2v) is 9.44. The Labute approximate surface area is 169 Å². The number of hydrogen-bond acceptors (Lipinski definition) is 4. The van der Waals surface area contributed by atoms with Crippen LogP contribution < -0.4 is 10.1 Å². The summed E-state index contributed by atoms with van der Waals surface area (Å²) in [5.41, 5.74) is 1.16. The molecule has 1 saturated heterocycles. The molecule has 28 heavy (non-hydrogen) atoms. The Morgan fingerprint density at radius 1 is 1.18 bits per heavy atom. The molecule has 0 aromatic heterocycles. The van der Waals surface area contributed by atoms with E-state index in [0.29, 0.717) is 17.5 Å². The molecule has 1 unspecified atom stereocenters. The third-order valence-corrected chi connectivity index (χ3v) is 6.38. The maximum atomic E-state index is 12.4. The summed E-state index contributed by atoms with van der Waals surface area (Å²) in [4.78, 5) is 14.3. The Kier molecular flexibility index (Phi) is 6.23. The van der Waals surface area contributed by atoms with Crippen molar-refractivity contribution in [3.05, 3.63) is 29.8 Å². The first kappa shape index (κ1) is 21.0. The molecule has 5 nitrogen and oxygen atoms in total. The maximum absolute atomic E-state index is 12.4. The van der Waals surface area contributed by atoms with Gasteiger partial charge >= 0.3 is 6.09 Å². The maximum Gasteiger partial charge on any atom is 0.410 e. The molecule has 156 valence electrons. The summed E-state index contributed by atoms with van der Waals surface area (Å²) < 4.78 is 10.8. The molecular weight excluding hydrogens is 352 g/mol. The van der Waals surface area contributed by atoms with Gasteiger partial charge in [0.1, 0.15) is 11.4 Å². The first-order valence-corrected chi connectivity index (χ1v) is 10.6. The molecule has 0 bridgehead atoms. The van der Waals surface area contributed by atoms with Crippen LogP contribution in [0.3, 0.4) is 0 Å². The largest absolute Gasteiger partial charge is 0.497 e. The minimum absolute atomic E-state index is 0.170. The molecule has 1 aromatic rings. The molecule has 2 aliphatic rings. The zero-order valence-corrected chi connectivity index (χ0v) is 18.1.